The zero-order chi connectivity index (χ0) is 12.3. The van der Waals surface area contributed by atoms with E-state index in [1.54, 1.807) is 14.2 Å². The minimum atomic E-state index is -0.0906. The highest BCUT2D eigenvalue weighted by Gasteiger charge is 2.30. The maximum atomic E-state index is 5.28. The predicted octanol–water partition coefficient (Wildman–Crippen LogP) is 1.22. The first kappa shape index (κ1) is 12.5. The fourth-order valence-corrected chi connectivity index (χ4v) is 2.05. The maximum absolute atomic E-state index is 5.28. The average molecular weight is 241 g/mol. The first-order valence-electron chi connectivity index (χ1n) is 5.91. The molecule has 1 aliphatic heterocycles. The van der Waals surface area contributed by atoms with E-state index in [4.69, 9.17) is 14.0 Å². The molecule has 6 nitrogen and oxygen atoms in total. The van der Waals surface area contributed by atoms with Gasteiger partial charge in [-0.2, -0.15) is 4.98 Å². The van der Waals surface area contributed by atoms with Crippen molar-refractivity contribution in [2.24, 2.45) is 0 Å². The fourth-order valence-electron chi connectivity index (χ4n) is 2.05. The van der Waals surface area contributed by atoms with E-state index in [0.29, 0.717) is 11.7 Å². The predicted molar refractivity (Wildman–Crippen MR) is 60.5 cm³/mol. The molecular weight excluding hydrogens is 222 g/mol. The zero-order valence-electron chi connectivity index (χ0n) is 10.5. The highest BCUT2D eigenvalue weighted by atomic mass is 16.5. The maximum Gasteiger partial charge on any atom is 0.243 e. The topological polar surface area (TPSA) is 69.4 Å². The van der Waals surface area contributed by atoms with Crippen LogP contribution >= 0.6 is 0 Å². The molecule has 0 aliphatic carbocycles. The van der Waals surface area contributed by atoms with Crippen molar-refractivity contribution >= 4 is 0 Å². The van der Waals surface area contributed by atoms with Gasteiger partial charge in [0.15, 0.2) is 0 Å². The van der Waals surface area contributed by atoms with E-state index in [-0.39, 0.29) is 18.2 Å². The number of hydrogen-bond donors (Lipinski definition) is 1. The third kappa shape index (κ3) is 2.65. The summed E-state index contributed by atoms with van der Waals surface area (Å²) in [5, 5.41) is 7.26. The molecule has 0 radical (unpaired) electrons. The second-order valence-electron chi connectivity index (χ2n) is 4.18. The lowest BCUT2D eigenvalue weighted by molar-refractivity contribution is 0.0903. The van der Waals surface area contributed by atoms with Crippen LogP contribution in [0.15, 0.2) is 4.52 Å². The van der Waals surface area contributed by atoms with Gasteiger partial charge < -0.3 is 19.3 Å². The molecule has 6 heteroatoms. The Morgan fingerprint density at radius 1 is 1.53 bits per heavy atom. The van der Waals surface area contributed by atoms with Crippen LogP contribution in [0.25, 0.3) is 0 Å². The Morgan fingerprint density at radius 3 is 2.94 bits per heavy atom. The van der Waals surface area contributed by atoms with Gasteiger partial charge in [-0.1, -0.05) is 12.1 Å². The third-order valence-electron chi connectivity index (χ3n) is 3.12. The van der Waals surface area contributed by atoms with Crippen LogP contribution in [0, 0.1) is 0 Å². The minimum Gasteiger partial charge on any atom is -0.380 e. The van der Waals surface area contributed by atoms with Gasteiger partial charge in [0.05, 0.1) is 12.1 Å². The van der Waals surface area contributed by atoms with Crippen LogP contribution in [0.2, 0.25) is 0 Å². The number of nitrogens with one attached hydrogen (secondary N) is 1. The van der Waals surface area contributed by atoms with Crippen LogP contribution in [0.4, 0.5) is 0 Å². The number of ether oxygens (including phenoxy) is 2. The average Bonchev–Trinajstić information content (AvgIpc) is 2.98. The zero-order valence-corrected chi connectivity index (χ0v) is 10.5. The molecule has 2 heterocycles. The number of nitrogens with zero attached hydrogens (tertiary/aromatic N) is 2. The van der Waals surface area contributed by atoms with Gasteiger partial charge in [0.2, 0.25) is 11.7 Å². The van der Waals surface area contributed by atoms with Crippen LogP contribution in [0.3, 0.4) is 0 Å². The summed E-state index contributed by atoms with van der Waals surface area (Å²) < 4.78 is 15.8. The molecule has 1 aliphatic rings. The summed E-state index contributed by atoms with van der Waals surface area (Å²) in [5.41, 5.74) is 0. The Labute approximate surface area is 101 Å². The number of hydrogen-bond acceptors (Lipinski definition) is 6. The van der Waals surface area contributed by atoms with Crippen LogP contribution < -0.4 is 5.32 Å². The van der Waals surface area contributed by atoms with Crippen LogP contribution in [-0.2, 0) is 9.47 Å². The standard InChI is InChI=1S/C11H19N3O3/c1-4-9(16-3)10-13-11(17-14-10)8-5-7(15-2)6-12-8/h7-9,12H,4-6H2,1-3H3. The van der Waals surface area contributed by atoms with Crippen molar-refractivity contribution in [2.75, 3.05) is 20.8 Å². The molecule has 17 heavy (non-hydrogen) atoms. The van der Waals surface area contributed by atoms with Crippen molar-refractivity contribution in [2.45, 2.75) is 38.0 Å². The molecule has 1 saturated heterocycles. The van der Waals surface area contributed by atoms with Crippen LogP contribution in [0.5, 0.6) is 0 Å². The van der Waals surface area contributed by atoms with E-state index >= 15 is 0 Å². The van der Waals surface area contributed by atoms with Crippen LogP contribution in [-0.4, -0.2) is 37.0 Å². The summed E-state index contributed by atoms with van der Waals surface area (Å²) in [6.45, 7) is 2.85. The van der Waals surface area contributed by atoms with Gasteiger partial charge in [0.1, 0.15) is 6.10 Å². The normalized spacial score (nSPS) is 26.3. The number of methoxy groups -OCH3 is 2. The second kappa shape index (κ2) is 5.57. The Kier molecular flexibility index (Phi) is 4.09. The molecule has 0 saturated carbocycles. The van der Waals surface area contributed by atoms with E-state index in [1.165, 1.54) is 0 Å². The van der Waals surface area contributed by atoms with Crippen molar-refractivity contribution in [1.82, 2.24) is 15.5 Å². The molecule has 1 fully saturated rings. The Hall–Kier alpha value is -0.980. The summed E-state index contributed by atoms with van der Waals surface area (Å²) in [7, 11) is 3.37. The first-order chi connectivity index (χ1) is 8.28. The van der Waals surface area contributed by atoms with Gasteiger partial charge in [0, 0.05) is 20.8 Å². The van der Waals surface area contributed by atoms with Gasteiger partial charge >= 0.3 is 0 Å². The molecule has 1 aromatic rings. The summed E-state index contributed by atoms with van der Waals surface area (Å²) >= 11 is 0. The lowest BCUT2D eigenvalue weighted by atomic mass is 10.2. The van der Waals surface area contributed by atoms with E-state index in [0.717, 1.165) is 19.4 Å². The molecule has 0 bridgehead atoms. The van der Waals surface area contributed by atoms with E-state index in [1.807, 2.05) is 6.92 Å². The van der Waals surface area contributed by atoms with Gasteiger partial charge in [-0.3, -0.25) is 0 Å². The van der Waals surface area contributed by atoms with Gasteiger partial charge in [-0.25, -0.2) is 0 Å². The molecular formula is C11H19N3O3. The molecule has 0 aromatic carbocycles. The lowest BCUT2D eigenvalue weighted by Crippen LogP contribution is -2.16. The summed E-state index contributed by atoms with van der Waals surface area (Å²) in [5.74, 6) is 1.24. The Balaban J connectivity index is 2.03. The second-order valence-corrected chi connectivity index (χ2v) is 4.18. The Bertz CT molecular complexity index is 351. The molecule has 1 aromatic heterocycles. The van der Waals surface area contributed by atoms with Crippen molar-refractivity contribution in [3.8, 4) is 0 Å². The van der Waals surface area contributed by atoms with E-state index in [2.05, 4.69) is 15.5 Å². The fraction of sp³-hybridized carbons (Fsp3) is 0.818. The molecule has 1 N–H and O–H groups in total. The van der Waals surface area contributed by atoms with E-state index in [9.17, 15) is 0 Å². The van der Waals surface area contributed by atoms with Gasteiger partial charge in [-0.15, -0.1) is 0 Å². The summed E-state index contributed by atoms with van der Waals surface area (Å²) in [6, 6.07) is 0.0931. The SMILES string of the molecule is CCC(OC)c1noc(C2CC(OC)CN2)n1. The molecule has 3 unspecified atom stereocenters. The molecule has 2 rings (SSSR count). The third-order valence-corrected chi connectivity index (χ3v) is 3.12. The summed E-state index contributed by atoms with van der Waals surface area (Å²) in [6.07, 6.45) is 1.82. The highest BCUT2D eigenvalue weighted by molar-refractivity contribution is 4.99. The van der Waals surface area contributed by atoms with Crippen LogP contribution in [0.1, 0.15) is 43.6 Å². The molecule has 3 atom stereocenters. The first-order valence-corrected chi connectivity index (χ1v) is 5.91. The van der Waals surface area contributed by atoms with Crippen molar-refractivity contribution in [3.63, 3.8) is 0 Å². The highest BCUT2D eigenvalue weighted by Crippen LogP contribution is 2.25. The monoisotopic (exact) mass is 241 g/mol. The minimum absolute atomic E-state index is 0.0906. The number of rotatable bonds is 5. The largest absolute Gasteiger partial charge is 0.380 e. The van der Waals surface area contributed by atoms with Crippen molar-refractivity contribution in [3.05, 3.63) is 11.7 Å². The molecule has 96 valence electrons. The smallest absolute Gasteiger partial charge is 0.243 e. The van der Waals surface area contributed by atoms with Gasteiger partial charge in [-0.05, 0) is 12.8 Å². The molecule has 0 spiro atoms. The van der Waals surface area contributed by atoms with Crippen molar-refractivity contribution < 1.29 is 14.0 Å². The van der Waals surface area contributed by atoms with E-state index < -0.39 is 0 Å². The van der Waals surface area contributed by atoms with Crippen molar-refractivity contribution in [1.29, 1.82) is 0 Å². The van der Waals surface area contributed by atoms with Gasteiger partial charge in [0.25, 0.3) is 0 Å². The number of aromatic nitrogens is 2. The Morgan fingerprint density at radius 2 is 2.35 bits per heavy atom. The lowest BCUT2D eigenvalue weighted by Gasteiger charge is -2.06. The quantitative estimate of drug-likeness (QED) is 0.835. The summed E-state index contributed by atoms with van der Waals surface area (Å²) in [4.78, 5) is 4.38. The molecule has 0 amide bonds.